The molecule has 1 heterocycles. The van der Waals surface area contributed by atoms with Gasteiger partial charge in [0.1, 0.15) is 0 Å². The predicted octanol–water partition coefficient (Wildman–Crippen LogP) is 2.31. The number of aryl methyl sites for hydroxylation is 1. The summed E-state index contributed by atoms with van der Waals surface area (Å²) in [7, 11) is 0. The number of benzene rings is 1. The van der Waals surface area contributed by atoms with Crippen molar-refractivity contribution in [1.29, 1.82) is 0 Å². The minimum Gasteiger partial charge on any atom is -0.376 e. The average molecular weight is 326 g/mol. The molecule has 1 aromatic rings. The summed E-state index contributed by atoms with van der Waals surface area (Å²) in [4.78, 5) is 0. The zero-order valence-electron chi connectivity index (χ0n) is 11.0. The van der Waals surface area contributed by atoms with Crippen LogP contribution in [0.4, 0.5) is 0 Å². The topological polar surface area (TPSA) is 30.5 Å². The van der Waals surface area contributed by atoms with Crippen molar-refractivity contribution in [3.8, 4) is 0 Å². The van der Waals surface area contributed by atoms with E-state index in [0.29, 0.717) is 6.04 Å². The summed E-state index contributed by atoms with van der Waals surface area (Å²) in [6.07, 6.45) is 3.71. The van der Waals surface area contributed by atoms with Gasteiger partial charge in [-0.3, -0.25) is 0 Å². The van der Waals surface area contributed by atoms with Gasteiger partial charge in [-0.1, -0.05) is 22.0 Å². The van der Waals surface area contributed by atoms with Crippen LogP contribution in [0.2, 0.25) is 0 Å². The van der Waals surface area contributed by atoms with E-state index in [1.807, 2.05) is 0 Å². The summed E-state index contributed by atoms with van der Waals surface area (Å²) in [6, 6.07) is 7.20. The van der Waals surface area contributed by atoms with Crippen LogP contribution in [0.5, 0.6) is 0 Å². The summed E-state index contributed by atoms with van der Waals surface area (Å²) < 4.78 is 12.3. The number of fused-ring (bicyclic) bond motifs is 1. The van der Waals surface area contributed by atoms with E-state index >= 15 is 0 Å². The summed E-state index contributed by atoms with van der Waals surface area (Å²) >= 11 is 3.54. The highest BCUT2D eigenvalue weighted by atomic mass is 79.9. The molecule has 104 valence electrons. The highest BCUT2D eigenvalue weighted by Crippen LogP contribution is 2.24. The SMILES string of the molecule is Brc1ccc2c(c1)CCC(NCC1COCCO1)C2. The lowest BCUT2D eigenvalue weighted by molar-refractivity contribution is -0.0871. The molecule has 0 amide bonds. The molecule has 19 heavy (non-hydrogen) atoms. The van der Waals surface area contributed by atoms with E-state index in [1.165, 1.54) is 22.0 Å². The normalized spacial score (nSPS) is 27.0. The third-order valence-electron chi connectivity index (χ3n) is 3.92. The molecule has 0 aromatic heterocycles. The van der Waals surface area contributed by atoms with E-state index in [-0.39, 0.29) is 6.10 Å². The molecule has 0 bridgehead atoms. The van der Waals surface area contributed by atoms with Crippen LogP contribution in [-0.2, 0) is 22.3 Å². The molecule has 0 saturated carbocycles. The van der Waals surface area contributed by atoms with Crippen molar-refractivity contribution in [3.05, 3.63) is 33.8 Å². The van der Waals surface area contributed by atoms with E-state index < -0.39 is 0 Å². The Kier molecular flexibility index (Phi) is 4.53. The van der Waals surface area contributed by atoms with Crippen molar-refractivity contribution in [2.45, 2.75) is 31.4 Å². The van der Waals surface area contributed by atoms with E-state index in [9.17, 15) is 0 Å². The van der Waals surface area contributed by atoms with Crippen molar-refractivity contribution in [3.63, 3.8) is 0 Å². The highest BCUT2D eigenvalue weighted by molar-refractivity contribution is 9.10. The Labute approximate surface area is 122 Å². The number of nitrogens with one attached hydrogen (secondary N) is 1. The van der Waals surface area contributed by atoms with E-state index in [4.69, 9.17) is 9.47 Å². The van der Waals surface area contributed by atoms with Gasteiger partial charge in [0.25, 0.3) is 0 Å². The largest absolute Gasteiger partial charge is 0.376 e. The van der Waals surface area contributed by atoms with Gasteiger partial charge in [0.05, 0.1) is 25.9 Å². The maximum atomic E-state index is 5.66. The van der Waals surface area contributed by atoms with Crippen LogP contribution in [0.1, 0.15) is 17.5 Å². The van der Waals surface area contributed by atoms with Gasteiger partial charge in [-0.15, -0.1) is 0 Å². The zero-order chi connectivity index (χ0) is 13.1. The monoisotopic (exact) mass is 325 g/mol. The lowest BCUT2D eigenvalue weighted by atomic mass is 9.88. The lowest BCUT2D eigenvalue weighted by Crippen LogP contribution is -2.43. The third kappa shape index (κ3) is 3.57. The molecule has 1 saturated heterocycles. The van der Waals surface area contributed by atoms with Crippen molar-refractivity contribution in [1.82, 2.24) is 5.32 Å². The standard InChI is InChI=1S/C15H20BrNO2/c16-13-3-1-12-8-14(4-2-11(12)7-13)17-9-15-10-18-5-6-19-15/h1,3,7,14-15,17H,2,4-6,8-10H2. The Morgan fingerprint density at radius 1 is 1.26 bits per heavy atom. The van der Waals surface area contributed by atoms with Crippen LogP contribution in [0, 0.1) is 0 Å². The van der Waals surface area contributed by atoms with Crippen molar-refractivity contribution >= 4 is 15.9 Å². The Hall–Kier alpha value is -0.420. The van der Waals surface area contributed by atoms with Crippen LogP contribution in [0.15, 0.2) is 22.7 Å². The van der Waals surface area contributed by atoms with Crippen molar-refractivity contribution < 1.29 is 9.47 Å². The summed E-state index contributed by atoms with van der Waals surface area (Å²) in [5, 5.41) is 3.63. The molecular formula is C15H20BrNO2. The van der Waals surface area contributed by atoms with Gasteiger partial charge in [-0.25, -0.2) is 0 Å². The number of rotatable bonds is 3. The maximum absolute atomic E-state index is 5.66. The highest BCUT2D eigenvalue weighted by Gasteiger charge is 2.20. The Bertz CT molecular complexity index is 432. The van der Waals surface area contributed by atoms with Gasteiger partial charge in [-0.2, -0.15) is 0 Å². The molecular weight excluding hydrogens is 306 g/mol. The zero-order valence-corrected chi connectivity index (χ0v) is 12.6. The average Bonchev–Trinajstić information content (AvgIpc) is 2.46. The van der Waals surface area contributed by atoms with Crippen molar-refractivity contribution in [2.75, 3.05) is 26.4 Å². The summed E-state index contributed by atoms with van der Waals surface area (Å²) in [6.45, 7) is 3.09. The van der Waals surface area contributed by atoms with Gasteiger partial charge in [0, 0.05) is 17.1 Å². The van der Waals surface area contributed by atoms with E-state index in [1.54, 1.807) is 0 Å². The Balaban J connectivity index is 1.52. The first-order chi connectivity index (χ1) is 9.31. The number of ether oxygens (including phenoxy) is 2. The quantitative estimate of drug-likeness (QED) is 0.925. The van der Waals surface area contributed by atoms with E-state index in [0.717, 1.165) is 39.2 Å². The van der Waals surface area contributed by atoms with Gasteiger partial charge in [0.15, 0.2) is 0 Å². The van der Waals surface area contributed by atoms with E-state index in [2.05, 4.69) is 39.4 Å². The Morgan fingerprint density at radius 3 is 3.05 bits per heavy atom. The minimum atomic E-state index is 0.222. The molecule has 1 aliphatic carbocycles. The fourth-order valence-corrected chi connectivity index (χ4v) is 3.26. The molecule has 3 nitrogen and oxygen atoms in total. The smallest absolute Gasteiger partial charge is 0.0933 e. The number of hydrogen-bond donors (Lipinski definition) is 1. The molecule has 0 radical (unpaired) electrons. The molecule has 2 aliphatic rings. The molecule has 3 rings (SSSR count). The van der Waals surface area contributed by atoms with Crippen LogP contribution in [-0.4, -0.2) is 38.5 Å². The molecule has 4 heteroatoms. The van der Waals surface area contributed by atoms with Gasteiger partial charge < -0.3 is 14.8 Å². The summed E-state index contributed by atoms with van der Waals surface area (Å²) in [5.74, 6) is 0. The number of halogens is 1. The molecule has 2 unspecified atom stereocenters. The van der Waals surface area contributed by atoms with Crippen LogP contribution < -0.4 is 5.32 Å². The molecule has 1 aromatic carbocycles. The van der Waals surface area contributed by atoms with Gasteiger partial charge in [-0.05, 0) is 42.5 Å². The molecule has 1 fully saturated rings. The third-order valence-corrected chi connectivity index (χ3v) is 4.41. The first-order valence-corrected chi connectivity index (χ1v) is 7.80. The fourth-order valence-electron chi connectivity index (χ4n) is 2.85. The number of hydrogen-bond acceptors (Lipinski definition) is 3. The second-order valence-electron chi connectivity index (χ2n) is 5.33. The van der Waals surface area contributed by atoms with Gasteiger partial charge >= 0.3 is 0 Å². The van der Waals surface area contributed by atoms with Crippen LogP contribution in [0.3, 0.4) is 0 Å². The predicted molar refractivity (Wildman–Crippen MR) is 78.5 cm³/mol. The van der Waals surface area contributed by atoms with Crippen LogP contribution >= 0.6 is 15.9 Å². The first-order valence-electron chi connectivity index (χ1n) is 7.01. The molecule has 2 atom stereocenters. The molecule has 1 N–H and O–H groups in total. The summed E-state index contributed by atoms with van der Waals surface area (Å²) in [5.41, 5.74) is 2.97. The minimum absolute atomic E-state index is 0.222. The Morgan fingerprint density at radius 2 is 2.21 bits per heavy atom. The molecule has 0 spiro atoms. The first kappa shape index (κ1) is 13.6. The maximum Gasteiger partial charge on any atom is 0.0933 e. The van der Waals surface area contributed by atoms with Crippen LogP contribution in [0.25, 0.3) is 0 Å². The second kappa shape index (κ2) is 6.35. The fraction of sp³-hybridized carbons (Fsp3) is 0.600. The second-order valence-corrected chi connectivity index (χ2v) is 6.24. The van der Waals surface area contributed by atoms with Crippen molar-refractivity contribution in [2.24, 2.45) is 0 Å². The van der Waals surface area contributed by atoms with Gasteiger partial charge in [0.2, 0.25) is 0 Å². The lowest BCUT2D eigenvalue weighted by Gasteiger charge is -2.29. The molecule has 1 aliphatic heterocycles.